The Bertz CT molecular complexity index is 947. The van der Waals surface area contributed by atoms with Crippen molar-refractivity contribution in [1.82, 2.24) is 5.32 Å². The second-order valence-corrected chi connectivity index (χ2v) is 20.8. The molecule has 386 valence electrons. The molecule has 0 spiro atoms. The van der Waals surface area contributed by atoms with E-state index in [1.807, 2.05) is 6.08 Å². The number of aliphatic hydroxyl groups excluding tert-OH is 2. The van der Waals surface area contributed by atoms with Crippen LogP contribution in [0.2, 0.25) is 0 Å². The van der Waals surface area contributed by atoms with Gasteiger partial charge in [-0.25, -0.2) is 0 Å². The molecule has 0 aliphatic rings. The number of allylic oxidation sites excluding steroid dienone is 3. The molecule has 0 heterocycles. The summed E-state index contributed by atoms with van der Waals surface area (Å²) in [5, 5.41) is 23.2. The number of unbranched alkanes of at least 4 members (excludes halogenated alkanes) is 47. The predicted molar refractivity (Wildman–Crippen MR) is 290 cm³/mol. The van der Waals surface area contributed by atoms with E-state index in [4.69, 9.17) is 0 Å². The van der Waals surface area contributed by atoms with Crippen LogP contribution < -0.4 is 5.32 Å². The Hall–Kier alpha value is -1.13. The van der Waals surface area contributed by atoms with Crippen molar-refractivity contribution in [3.8, 4) is 0 Å². The average molecular weight is 915 g/mol. The molecule has 4 heteroatoms. The van der Waals surface area contributed by atoms with Crippen molar-refractivity contribution in [2.75, 3.05) is 6.61 Å². The quantitative estimate of drug-likeness (QED) is 0.0421. The largest absolute Gasteiger partial charge is 0.394 e. The lowest BCUT2D eigenvalue weighted by Gasteiger charge is -2.20. The summed E-state index contributed by atoms with van der Waals surface area (Å²) in [4.78, 5) is 12.5. The molecule has 4 nitrogen and oxygen atoms in total. The summed E-state index contributed by atoms with van der Waals surface area (Å²) < 4.78 is 0. The maximum Gasteiger partial charge on any atom is 0.220 e. The Kier molecular flexibility index (Phi) is 56.2. The molecule has 1 amide bonds. The number of hydrogen-bond acceptors (Lipinski definition) is 3. The lowest BCUT2D eigenvalue weighted by molar-refractivity contribution is -0.123. The smallest absolute Gasteiger partial charge is 0.220 e. The van der Waals surface area contributed by atoms with Crippen LogP contribution in [0.15, 0.2) is 24.3 Å². The Labute approximate surface area is 409 Å². The molecule has 0 saturated heterocycles. The Morgan fingerprint density at radius 1 is 0.354 bits per heavy atom. The minimum atomic E-state index is -0.838. The number of hydrogen-bond donors (Lipinski definition) is 3. The van der Waals surface area contributed by atoms with Crippen molar-refractivity contribution in [3.63, 3.8) is 0 Å². The lowest BCUT2D eigenvalue weighted by Crippen LogP contribution is -2.45. The minimum Gasteiger partial charge on any atom is -0.394 e. The molecule has 0 fully saturated rings. The van der Waals surface area contributed by atoms with E-state index >= 15 is 0 Å². The third-order valence-electron chi connectivity index (χ3n) is 14.2. The maximum absolute atomic E-state index is 12.5. The lowest BCUT2D eigenvalue weighted by atomic mass is 10.0. The highest BCUT2D eigenvalue weighted by molar-refractivity contribution is 5.76. The van der Waals surface area contributed by atoms with E-state index in [1.165, 1.54) is 295 Å². The number of carbonyl (C=O) groups is 1. The predicted octanol–water partition coefficient (Wildman–Crippen LogP) is 19.9. The summed E-state index contributed by atoms with van der Waals surface area (Å²) in [6.07, 6.45) is 76.4. The second kappa shape index (κ2) is 57.2. The second-order valence-electron chi connectivity index (χ2n) is 20.8. The number of aliphatic hydroxyl groups is 2. The third kappa shape index (κ3) is 53.7. The first-order valence-electron chi connectivity index (χ1n) is 30.1. The van der Waals surface area contributed by atoms with Gasteiger partial charge in [-0.15, -0.1) is 0 Å². The summed E-state index contributed by atoms with van der Waals surface area (Å²) in [6, 6.07) is -0.621. The van der Waals surface area contributed by atoms with Crippen LogP contribution in [0.3, 0.4) is 0 Å². The fourth-order valence-corrected chi connectivity index (χ4v) is 9.59. The highest BCUT2D eigenvalue weighted by Crippen LogP contribution is 2.18. The zero-order valence-electron chi connectivity index (χ0n) is 44.5. The van der Waals surface area contributed by atoms with Gasteiger partial charge >= 0.3 is 0 Å². The van der Waals surface area contributed by atoms with Gasteiger partial charge < -0.3 is 15.5 Å². The fourth-order valence-electron chi connectivity index (χ4n) is 9.59. The van der Waals surface area contributed by atoms with E-state index in [-0.39, 0.29) is 12.5 Å². The molecular formula is C61H119NO3. The van der Waals surface area contributed by atoms with Crippen molar-refractivity contribution in [2.45, 2.75) is 353 Å². The molecule has 0 aromatic heterocycles. The first-order valence-corrected chi connectivity index (χ1v) is 30.1. The first kappa shape index (κ1) is 63.9. The zero-order valence-corrected chi connectivity index (χ0v) is 44.5. The van der Waals surface area contributed by atoms with E-state index in [0.717, 1.165) is 25.7 Å². The maximum atomic E-state index is 12.5. The van der Waals surface area contributed by atoms with Crippen molar-refractivity contribution < 1.29 is 15.0 Å². The van der Waals surface area contributed by atoms with Crippen LogP contribution in [-0.4, -0.2) is 34.9 Å². The molecular weight excluding hydrogens is 795 g/mol. The van der Waals surface area contributed by atoms with Gasteiger partial charge in [0, 0.05) is 6.42 Å². The van der Waals surface area contributed by atoms with Gasteiger partial charge in [0.15, 0.2) is 0 Å². The molecule has 2 atom stereocenters. The Morgan fingerprint density at radius 3 is 0.846 bits per heavy atom. The highest BCUT2D eigenvalue weighted by atomic mass is 16.3. The van der Waals surface area contributed by atoms with E-state index in [1.54, 1.807) is 6.08 Å². The number of carbonyl (C=O) groups excluding carboxylic acids is 1. The summed E-state index contributed by atoms with van der Waals surface area (Å²) in [5.41, 5.74) is 0. The van der Waals surface area contributed by atoms with Crippen molar-refractivity contribution >= 4 is 5.91 Å². The average Bonchev–Trinajstić information content (AvgIpc) is 3.31. The molecule has 0 saturated carbocycles. The molecule has 0 aromatic carbocycles. The molecule has 0 rings (SSSR count). The molecule has 0 radical (unpaired) electrons. The highest BCUT2D eigenvalue weighted by Gasteiger charge is 2.18. The third-order valence-corrected chi connectivity index (χ3v) is 14.2. The van der Waals surface area contributed by atoms with Gasteiger partial charge in [0.1, 0.15) is 0 Å². The molecule has 65 heavy (non-hydrogen) atoms. The van der Waals surface area contributed by atoms with Crippen molar-refractivity contribution in [3.05, 3.63) is 24.3 Å². The van der Waals surface area contributed by atoms with E-state index in [2.05, 4.69) is 31.3 Å². The molecule has 2 unspecified atom stereocenters. The monoisotopic (exact) mass is 914 g/mol. The van der Waals surface area contributed by atoms with Crippen LogP contribution in [0, 0.1) is 0 Å². The van der Waals surface area contributed by atoms with Gasteiger partial charge in [-0.05, 0) is 44.9 Å². The summed E-state index contributed by atoms with van der Waals surface area (Å²) >= 11 is 0. The van der Waals surface area contributed by atoms with Crippen molar-refractivity contribution in [2.24, 2.45) is 0 Å². The molecule has 0 aliphatic heterocycles. The van der Waals surface area contributed by atoms with Crippen LogP contribution in [0.25, 0.3) is 0 Å². The minimum absolute atomic E-state index is 0.0572. The summed E-state index contributed by atoms with van der Waals surface area (Å²) in [5.74, 6) is -0.0572. The summed E-state index contributed by atoms with van der Waals surface area (Å²) in [7, 11) is 0. The van der Waals surface area contributed by atoms with Crippen LogP contribution in [0.5, 0.6) is 0 Å². The standard InChI is InChI=1S/C61H119NO3/c1-3-5-7-9-11-13-15-17-19-21-23-25-27-29-31-33-35-37-39-41-43-45-47-49-51-53-55-57-61(65)62-59(58-63)60(64)56-54-52-50-48-46-44-42-40-38-36-34-32-30-28-26-24-22-20-18-16-14-12-10-8-6-4-2/h21,23,54,56,59-60,63-64H,3-20,22,24-53,55,57-58H2,1-2H3,(H,62,65)/b23-21-,56-54+. The van der Waals surface area contributed by atoms with Gasteiger partial charge in [-0.2, -0.15) is 0 Å². The topological polar surface area (TPSA) is 69.6 Å². The Balaban J connectivity index is 3.45. The van der Waals surface area contributed by atoms with Gasteiger partial charge in [0.25, 0.3) is 0 Å². The molecule has 0 aliphatic carbocycles. The number of nitrogens with one attached hydrogen (secondary N) is 1. The van der Waals surface area contributed by atoms with Crippen LogP contribution in [0.4, 0.5) is 0 Å². The van der Waals surface area contributed by atoms with Gasteiger partial charge in [0.05, 0.1) is 18.8 Å². The number of rotatable bonds is 56. The van der Waals surface area contributed by atoms with Gasteiger partial charge in [-0.3, -0.25) is 4.79 Å². The molecule has 0 bridgehead atoms. The normalized spacial score (nSPS) is 12.9. The van der Waals surface area contributed by atoms with E-state index in [0.29, 0.717) is 6.42 Å². The zero-order chi connectivity index (χ0) is 47.0. The summed E-state index contributed by atoms with van der Waals surface area (Å²) in [6.45, 7) is 4.35. The number of amides is 1. The van der Waals surface area contributed by atoms with Crippen molar-refractivity contribution in [1.29, 1.82) is 0 Å². The van der Waals surface area contributed by atoms with E-state index in [9.17, 15) is 15.0 Å². The van der Waals surface area contributed by atoms with E-state index < -0.39 is 12.1 Å². The van der Waals surface area contributed by atoms with Crippen LogP contribution >= 0.6 is 0 Å². The fraction of sp³-hybridized carbons (Fsp3) is 0.918. The SMILES string of the molecule is CCCCCCCCCC/C=C\CCCCCCCCCCCCCCCCCC(=O)NC(CO)C(O)/C=C/CCCCCCCCCCCCCCCCCCCCCCCCCC. The van der Waals surface area contributed by atoms with Crippen LogP contribution in [0.1, 0.15) is 341 Å². The Morgan fingerprint density at radius 2 is 0.585 bits per heavy atom. The first-order chi connectivity index (χ1) is 32.2. The van der Waals surface area contributed by atoms with Gasteiger partial charge in [0.2, 0.25) is 5.91 Å². The van der Waals surface area contributed by atoms with Crippen LogP contribution in [-0.2, 0) is 4.79 Å². The van der Waals surface area contributed by atoms with Gasteiger partial charge in [-0.1, -0.05) is 314 Å². The molecule has 3 N–H and O–H groups in total. The molecule has 0 aromatic rings.